The Bertz CT molecular complexity index is 901. The summed E-state index contributed by atoms with van der Waals surface area (Å²) in [7, 11) is -6.38. The molecule has 0 aromatic carbocycles. The van der Waals surface area contributed by atoms with Crippen molar-refractivity contribution in [3.63, 3.8) is 0 Å². The van der Waals surface area contributed by atoms with Gasteiger partial charge in [-0.2, -0.15) is 12.8 Å². The van der Waals surface area contributed by atoms with E-state index < -0.39 is 37.2 Å². The maximum atomic E-state index is 12.6. The molecule has 0 N–H and O–H groups in total. The molecule has 1 aromatic heterocycles. The van der Waals surface area contributed by atoms with Crippen LogP contribution in [-0.2, 0) is 24.6 Å². The zero-order valence-electron chi connectivity index (χ0n) is 14.3. The zero-order chi connectivity index (χ0) is 19.0. The van der Waals surface area contributed by atoms with Crippen LogP contribution in [0, 0.1) is 0 Å². The summed E-state index contributed by atoms with van der Waals surface area (Å²) in [6.45, 7) is 5.06. The summed E-state index contributed by atoms with van der Waals surface area (Å²) in [6, 6.07) is 0.735. The van der Waals surface area contributed by atoms with Gasteiger partial charge in [-0.05, 0) is 33.3 Å². The lowest BCUT2D eigenvalue weighted by Gasteiger charge is -2.34. The summed E-state index contributed by atoms with van der Waals surface area (Å²) in [6.07, 6.45) is 0.716. The van der Waals surface area contributed by atoms with E-state index in [0.717, 1.165) is 6.21 Å². The van der Waals surface area contributed by atoms with E-state index in [9.17, 15) is 21.6 Å². The lowest BCUT2D eigenvalue weighted by Crippen LogP contribution is -2.40. The molecule has 0 radical (unpaired) electrons. The number of ether oxygens (including phenoxy) is 1. The van der Waals surface area contributed by atoms with Crippen molar-refractivity contribution in [1.82, 2.24) is 4.90 Å². The van der Waals surface area contributed by atoms with Crippen LogP contribution in [0.3, 0.4) is 0 Å². The molecule has 0 unspecified atom stereocenters. The van der Waals surface area contributed by atoms with Gasteiger partial charge in [-0.25, -0.2) is 13.2 Å². The lowest BCUT2D eigenvalue weighted by molar-refractivity contribution is 0.104. The number of hydrogen-bond donors (Lipinski definition) is 0. The lowest BCUT2D eigenvalue weighted by atomic mass is 10.0. The minimum absolute atomic E-state index is 0.0246. The van der Waals surface area contributed by atoms with Crippen LogP contribution in [0.4, 0.5) is 4.79 Å². The van der Waals surface area contributed by atoms with Gasteiger partial charge in [0, 0.05) is 18.3 Å². The zero-order valence-corrected chi connectivity index (χ0v) is 16.7. The Morgan fingerprint density at radius 2 is 2.16 bits per heavy atom. The highest BCUT2D eigenvalue weighted by molar-refractivity contribution is 7.96. The molecule has 1 aliphatic rings. The molecule has 0 bridgehead atoms. The number of sulfone groups is 1. The number of thiophene rings is 1. The Kier molecular flexibility index (Phi) is 5.59. The standard InChI is InChI=1S/C14H20N2O6S3/c1-5-15-25(20,21)12-8-10-11(16(6-2)14(17)22-4)7-9(3)24(18,19)13(10)23-12/h5,8-9,11H,6-7H2,1-4H3/b15-5-/t9-,11-/m0/s1. The molecule has 1 aliphatic heterocycles. The van der Waals surface area contributed by atoms with Gasteiger partial charge >= 0.3 is 6.09 Å². The van der Waals surface area contributed by atoms with Crippen LogP contribution in [-0.4, -0.2) is 52.9 Å². The largest absolute Gasteiger partial charge is 0.453 e. The van der Waals surface area contributed by atoms with Crippen molar-refractivity contribution in [3.05, 3.63) is 11.6 Å². The average molecular weight is 409 g/mol. The van der Waals surface area contributed by atoms with Gasteiger partial charge in [0.15, 0.2) is 9.84 Å². The van der Waals surface area contributed by atoms with E-state index in [1.165, 1.54) is 25.0 Å². The fourth-order valence-corrected chi connectivity index (χ4v) is 7.63. The summed E-state index contributed by atoms with van der Waals surface area (Å²) in [4.78, 5) is 13.4. The van der Waals surface area contributed by atoms with E-state index in [2.05, 4.69) is 4.40 Å². The minimum Gasteiger partial charge on any atom is -0.453 e. The number of methoxy groups -OCH3 is 1. The first-order valence-corrected chi connectivity index (χ1v) is 11.4. The Morgan fingerprint density at radius 3 is 2.68 bits per heavy atom. The van der Waals surface area contributed by atoms with Crippen LogP contribution in [0.25, 0.3) is 0 Å². The molecule has 11 heteroatoms. The van der Waals surface area contributed by atoms with Crippen LogP contribution < -0.4 is 0 Å². The van der Waals surface area contributed by atoms with Crippen molar-refractivity contribution < 1.29 is 26.4 Å². The molecule has 0 aliphatic carbocycles. The van der Waals surface area contributed by atoms with E-state index in [-0.39, 0.29) is 14.8 Å². The van der Waals surface area contributed by atoms with Crippen molar-refractivity contribution in [2.45, 2.75) is 46.9 Å². The summed E-state index contributed by atoms with van der Waals surface area (Å²) < 4.78 is 57.7. The molecule has 2 heterocycles. The number of fused-ring (bicyclic) bond motifs is 1. The van der Waals surface area contributed by atoms with Crippen molar-refractivity contribution in [3.8, 4) is 0 Å². The Labute approximate surface area is 151 Å². The van der Waals surface area contributed by atoms with Gasteiger partial charge in [0.1, 0.15) is 8.42 Å². The van der Waals surface area contributed by atoms with E-state index >= 15 is 0 Å². The molecule has 0 spiro atoms. The predicted molar refractivity (Wildman–Crippen MR) is 94.5 cm³/mol. The van der Waals surface area contributed by atoms with E-state index in [4.69, 9.17) is 4.74 Å². The summed E-state index contributed by atoms with van der Waals surface area (Å²) in [5.41, 5.74) is 0.306. The number of rotatable bonds is 4. The summed E-state index contributed by atoms with van der Waals surface area (Å²) >= 11 is 0.675. The monoisotopic (exact) mass is 408 g/mol. The van der Waals surface area contributed by atoms with Crippen LogP contribution in [0.15, 0.2) is 18.9 Å². The van der Waals surface area contributed by atoms with Crippen molar-refractivity contribution in [2.24, 2.45) is 4.40 Å². The van der Waals surface area contributed by atoms with Gasteiger partial charge in [0.05, 0.1) is 18.4 Å². The molecule has 0 saturated carbocycles. The summed E-state index contributed by atoms with van der Waals surface area (Å²) in [5, 5.41) is -0.743. The van der Waals surface area contributed by atoms with Crippen molar-refractivity contribution >= 4 is 43.5 Å². The quantitative estimate of drug-likeness (QED) is 0.707. The molecular formula is C14H20N2O6S3. The number of hydrogen-bond acceptors (Lipinski definition) is 7. The van der Waals surface area contributed by atoms with Crippen molar-refractivity contribution in [1.29, 1.82) is 0 Å². The number of nitrogens with zero attached hydrogens (tertiary/aromatic N) is 2. The van der Waals surface area contributed by atoms with Gasteiger partial charge in [-0.3, -0.25) is 0 Å². The minimum atomic E-state index is -3.96. The predicted octanol–water partition coefficient (Wildman–Crippen LogP) is 2.22. The van der Waals surface area contributed by atoms with Crippen molar-refractivity contribution in [2.75, 3.05) is 13.7 Å². The SMILES string of the molecule is C/C=N\S(=O)(=O)c1cc2c(s1)S(=O)(=O)[C@@H](C)C[C@@H]2N(CC)C(=O)OC. The summed E-state index contributed by atoms with van der Waals surface area (Å²) in [5.74, 6) is 0. The third-order valence-corrected chi connectivity index (χ3v) is 9.72. The smallest absolute Gasteiger partial charge is 0.409 e. The second-order valence-electron chi connectivity index (χ2n) is 5.51. The second-order valence-corrected chi connectivity index (χ2v) is 11.0. The second kappa shape index (κ2) is 7.04. The number of carbonyl (C=O) groups excluding carboxylic acids is 1. The highest BCUT2D eigenvalue weighted by Crippen LogP contribution is 2.45. The molecule has 8 nitrogen and oxygen atoms in total. The van der Waals surface area contributed by atoms with Crippen LogP contribution in [0.5, 0.6) is 0 Å². The molecule has 2 rings (SSSR count). The van der Waals surface area contributed by atoms with E-state index in [0.29, 0.717) is 23.4 Å². The van der Waals surface area contributed by atoms with Gasteiger partial charge in [-0.15, -0.1) is 11.3 Å². The maximum absolute atomic E-state index is 12.6. The fraction of sp³-hybridized carbons (Fsp3) is 0.571. The molecule has 1 aromatic rings. The Balaban J connectivity index is 2.68. The molecule has 25 heavy (non-hydrogen) atoms. The third-order valence-electron chi connectivity index (χ3n) is 4.03. The normalized spacial score (nSPS) is 22.6. The number of amides is 1. The molecule has 0 fully saturated rings. The van der Waals surface area contributed by atoms with Crippen LogP contribution >= 0.6 is 11.3 Å². The molecule has 2 atom stereocenters. The highest BCUT2D eigenvalue weighted by atomic mass is 32.3. The average Bonchev–Trinajstić information content (AvgIpc) is 3.00. The third kappa shape index (κ3) is 3.44. The first-order chi connectivity index (χ1) is 11.6. The van der Waals surface area contributed by atoms with Crippen LogP contribution in [0.2, 0.25) is 0 Å². The van der Waals surface area contributed by atoms with Gasteiger partial charge < -0.3 is 9.64 Å². The maximum Gasteiger partial charge on any atom is 0.409 e. The van der Waals surface area contributed by atoms with E-state index in [1.807, 2.05) is 0 Å². The highest BCUT2D eigenvalue weighted by Gasteiger charge is 2.42. The fourth-order valence-electron chi connectivity index (χ4n) is 2.78. The molecule has 140 valence electrons. The van der Waals surface area contributed by atoms with E-state index in [1.54, 1.807) is 13.8 Å². The molecular weight excluding hydrogens is 388 g/mol. The molecule has 1 amide bonds. The topological polar surface area (TPSA) is 110 Å². The van der Waals surface area contributed by atoms with Crippen LogP contribution in [0.1, 0.15) is 38.8 Å². The number of carbonyl (C=O) groups is 1. The Morgan fingerprint density at radius 1 is 1.52 bits per heavy atom. The molecule has 0 saturated heterocycles. The van der Waals surface area contributed by atoms with Gasteiger partial charge in [-0.1, -0.05) is 0 Å². The van der Waals surface area contributed by atoms with Gasteiger partial charge in [0.25, 0.3) is 10.0 Å². The number of sulfonamides is 1. The van der Waals surface area contributed by atoms with Gasteiger partial charge in [0.2, 0.25) is 0 Å². The first-order valence-electron chi connectivity index (χ1n) is 7.57. The first kappa shape index (κ1) is 19.9. The Hall–Kier alpha value is -1.46.